The van der Waals surface area contributed by atoms with Gasteiger partial charge in [-0.25, -0.2) is 9.80 Å². The zero-order chi connectivity index (χ0) is 21.9. The molecule has 1 unspecified atom stereocenters. The molecule has 0 fully saturated rings. The van der Waals surface area contributed by atoms with Crippen molar-refractivity contribution in [2.45, 2.75) is 13.8 Å². The van der Waals surface area contributed by atoms with Gasteiger partial charge in [0.05, 0.1) is 23.8 Å². The third-order valence-corrected chi connectivity index (χ3v) is 4.87. The number of nitro groups is 1. The molecule has 10 heteroatoms. The van der Waals surface area contributed by atoms with Gasteiger partial charge in [0.25, 0.3) is 5.69 Å². The van der Waals surface area contributed by atoms with Crippen LogP contribution in [0.1, 0.15) is 19.4 Å². The van der Waals surface area contributed by atoms with Gasteiger partial charge in [0, 0.05) is 22.8 Å². The van der Waals surface area contributed by atoms with E-state index in [1.807, 2.05) is 0 Å². The average molecular weight is 431 g/mol. The zero-order valence-corrected chi connectivity index (χ0v) is 17.0. The van der Waals surface area contributed by atoms with Crippen LogP contribution in [-0.2, 0) is 9.53 Å². The third-order valence-electron chi connectivity index (χ3n) is 4.62. The zero-order valence-electron chi connectivity index (χ0n) is 16.3. The number of halogens is 1. The quantitative estimate of drug-likeness (QED) is 0.436. The van der Waals surface area contributed by atoms with Crippen LogP contribution < -0.4 is 5.32 Å². The lowest BCUT2D eigenvalue weighted by Gasteiger charge is -2.24. The highest BCUT2D eigenvalue weighted by atomic mass is 35.5. The molecule has 1 atom stereocenters. The Morgan fingerprint density at radius 1 is 1.23 bits per heavy atom. The number of hydrazone groups is 1. The average Bonchev–Trinajstić information content (AvgIpc) is 3.08. The van der Waals surface area contributed by atoms with Gasteiger partial charge in [0.15, 0.2) is 0 Å². The highest BCUT2D eigenvalue weighted by Crippen LogP contribution is 2.33. The van der Waals surface area contributed by atoms with Crippen LogP contribution in [0.4, 0.5) is 16.2 Å². The minimum atomic E-state index is -1.17. The minimum absolute atomic E-state index is 0.0252. The molecular weight excluding hydrogens is 412 g/mol. The number of benzene rings is 2. The Kier molecular flexibility index (Phi) is 6.02. The summed E-state index contributed by atoms with van der Waals surface area (Å²) in [4.78, 5) is 35.7. The normalized spacial score (nSPS) is 18.0. The predicted octanol–water partition coefficient (Wildman–Crippen LogP) is 4.07. The van der Waals surface area contributed by atoms with Gasteiger partial charge in [0.1, 0.15) is 5.41 Å². The molecule has 30 heavy (non-hydrogen) atoms. The van der Waals surface area contributed by atoms with Crippen molar-refractivity contribution < 1.29 is 19.2 Å². The molecule has 0 saturated heterocycles. The number of amides is 2. The summed E-state index contributed by atoms with van der Waals surface area (Å²) >= 11 is 5.95. The van der Waals surface area contributed by atoms with E-state index in [-0.39, 0.29) is 18.8 Å². The first-order chi connectivity index (χ1) is 14.2. The van der Waals surface area contributed by atoms with E-state index in [0.29, 0.717) is 22.0 Å². The van der Waals surface area contributed by atoms with Crippen LogP contribution in [-0.4, -0.2) is 40.8 Å². The molecule has 1 heterocycles. The second-order valence-corrected chi connectivity index (χ2v) is 7.24. The van der Waals surface area contributed by atoms with Crippen LogP contribution in [0.3, 0.4) is 0 Å². The van der Waals surface area contributed by atoms with Gasteiger partial charge in [-0.3, -0.25) is 14.9 Å². The lowest BCUT2D eigenvalue weighted by atomic mass is 9.82. The first-order valence-corrected chi connectivity index (χ1v) is 9.47. The fourth-order valence-electron chi connectivity index (χ4n) is 3.05. The van der Waals surface area contributed by atoms with Crippen molar-refractivity contribution in [3.63, 3.8) is 0 Å². The number of carbonyl (C=O) groups excluding carboxylic acids is 2. The number of rotatable bonds is 5. The monoisotopic (exact) mass is 430 g/mol. The SMILES string of the molecule is CCOC(=O)C1(C)CN(C(=O)Nc2ccc([N+](=O)[O-])cc2)N=C1c1ccc(Cl)cc1. The number of ether oxygens (including phenoxy) is 1. The maximum atomic E-state index is 12.7. The van der Waals surface area contributed by atoms with Crippen LogP contribution in [0.15, 0.2) is 53.6 Å². The van der Waals surface area contributed by atoms with E-state index in [1.54, 1.807) is 38.1 Å². The van der Waals surface area contributed by atoms with E-state index < -0.39 is 22.3 Å². The smallest absolute Gasteiger partial charge is 0.342 e. The maximum absolute atomic E-state index is 12.7. The number of esters is 1. The first-order valence-electron chi connectivity index (χ1n) is 9.10. The molecule has 1 aliphatic rings. The summed E-state index contributed by atoms with van der Waals surface area (Å²) in [6.45, 7) is 3.53. The third kappa shape index (κ3) is 4.25. The molecule has 2 aromatic rings. The summed E-state index contributed by atoms with van der Waals surface area (Å²) < 4.78 is 5.22. The van der Waals surface area contributed by atoms with Crippen molar-refractivity contribution in [1.29, 1.82) is 0 Å². The molecule has 9 nitrogen and oxygen atoms in total. The van der Waals surface area contributed by atoms with Gasteiger partial charge >= 0.3 is 12.0 Å². The Morgan fingerprint density at radius 3 is 2.43 bits per heavy atom. The van der Waals surface area contributed by atoms with Gasteiger partial charge in [-0.2, -0.15) is 5.10 Å². The predicted molar refractivity (Wildman–Crippen MR) is 112 cm³/mol. The molecule has 156 valence electrons. The van der Waals surface area contributed by atoms with Crippen LogP contribution in [0.25, 0.3) is 0 Å². The van der Waals surface area contributed by atoms with Gasteiger partial charge < -0.3 is 10.1 Å². The molecule has 3 rings (SSSR count). The van der Waals surface area contributed by atoms with E-state index in [0.717, 1.165) is 5.01 Å². The molecule has 1 N–H and O–H groups in total. The lowest BCUT2D eigenvalue weighted by molar-refractivity contribution is -0.384. The van der Waals surface area contributed by atoms with Crippen molar-refractivity contribution in [2.24, 2.45) is 10.5 Å². The molecule has 1 aliphatic heterocycles. The molecule has 2 aromatic carbocycles. The number of nitro benzene ring substituents is 1. The second kappa shape index (κ2) is 8.50. The van der Waals surface area contributed by atoms with Gasteiger partial charge in [0.2, 0.25) is 0 Å². The Morgan fingerprint density at radius 2 is 1.87 bits per heavy atom. The van der Waals surface area contributed by atoms with Crippen LogP contribution >= 0.6 is 11.6 Å². The van der Waals surface area contributed by atoms with Crippen LogP contribution in [0, 0.1) is 15.5 Å². The Hall–Kier alpha value is -3.46. The van der Waals surface area contributed by atoms with Crippen molar-refractivity contribution in [2.75, 3.05) is 18.5 Å². The standard InChI is InChI=1S/C20H19ClN4O5/c1-3-30-18(26)20(2)12-24(23-17(20)13-4-6-14(21)7-5-13)19(27)22-15-8-10-16(11-9-15)25(28)29/h4-11H,3,12H2,1-2H3,(H,22,27). The molecule has 0 saturated carbocycles. The topological polar surface area (TPSA) is 114 Å². The fraction of sp³-hybridized carbons (Fsp3) is 0.250. The van der Waals surface area contributed by atoms with Crippen molar-refractivity contribution in [3.8, 4) is 0 Å². The van der Waals surface area contributed by atoms with E-state index >= 15 is 0 Å². The lowest BCUT2D eigenvalue weighted by Crippen LogP contribution is -2.42. The maximum Gasteiger partial charge on any atom is 0.342 e. The Bertz CT molecular complexity index is 1010. The molecule has 0 bridgehead atoms. The van der Waals surface area contributed by atoms with Gasteiger partial charge in [-0.1, -0.05) is 23.7 Å². The van der Waals surface area contributed by atoms with E-state index in [9.17, 15) is 19.7 Å². The summed E-state index contributed by atoms with van der Waals surface area (Å²) in [7, 11) is 0. The largest absolute Gasteiger partial charge is 0.465 e. The summed E-state index contributed by atoms with van der Waals surface area (Å²) in [5, 5.41) is 19.4. The Labute approximate surface area is 177 Å². The number of hydrogen-bond acceptors (Lipinski definition) is 6. The number of carbonyl (C=O) groups is 2. The number of nitrogens with one attached hydrogen (secondary N) is 1. The number of hydrogen-bond donors (Lipinski definition) is 1. The molecular formula is C20H19ClN4O5. The minimum Gasteiger partial charge on any atom is -0.465 e. The van der Waals surface area contributed by atoms with Crippen molar-refractivity contribution in [1.82, 2.24) is 5.01 Å². The number of urea groups is 1. The fourth-order valence-corrected chi connectivity index (χ4v) is 3.17. The number of anilines is 1. The molecule has 0 radical (unpaired) electrons. The van der Waals surface area contributed by atoms with Crippen molar-refractivity contribution in [3.05, 3.63) is 69.2 Å². The van der Waals surface area contributed by atoms with Gasteiger partial charge in [-0.15, -0.1) is 0 Å². The highest BCUT2D eigenvalue weighted by Gasteiger charge is 2.48. The highest BCUT2D eigenvalue weighted by molar-refractivity contribution is 6.30. The molecule has 2 amide bonds. The molecule has 0 aliphatic carbocycles. The summed E-state index contributed by atoms with van der Waals surface area (Å²) in [5.74, 6) is -0.496. The first kappa shape index (κ1) is 21.3. The summed E-state index contributed by atoms with van der Waals surface area (Å²) in [6, 6.07) is 11.6. The van der Waals surface area contributed by atoms with E-state index in [4.69, 9.17) is 16.3 Å². The molecule has 0 aromatic heterocycles. The second-order valence-electron chi connectivity index (χ2n) is 6.80. The van der Waals surface area contributed by atoms with Crippen LogP contribution in [0.2, 0.25) is 5.02 Å². The van der Waals surface area contributed by atoms with Crippen molar-refractivity contribution >= 4 is 40.7 Å². The Balaban J connectivity index is 1.87. The van der Waals surface area contributed by atoms with Gasteiger partial charge in [-0.05, 0) is 43.7 Å². The van der Waals surface area contributed by atoms with Crippen LogP contribution in [0.5, 0.6) is 0 Å². The summed E-state index contributed by atoms with van der Waals surface area (Å²) in [6.07, 6.45) is 0. The van der Waals surface area contributed by atoms with E-state index in [2.05, 4.69) is 10.4 Å². The van der Waals surface area contributed by atoms with E-state index in [1.165, 1.54) is 24.3 Å². The number of non-ortho nitro benzene ring substituents is 1. The molecule has 0 spiro atoms. The summed E-state index contributed by atoms with van der Waals surface area (Å²) in [5.41, 5.74) is 0.124. The number of nitrogens with zero attached hydrogens (tertiary/aromatic N) is 3.